The minimum atomic E-state index is -0.349. The molecule has 1 saturated heterocycles. The summed E-state index contributed by atoms with van der Waals surface area (Å²) < 4.78 is 10.9. The predicted molar refractivity (Wildman–Crippen MR) is 98.8 cm³/mol. The first kappa shape index (κ1) is 18.5. The Labute approximate surface area is 149 Å². The van der Waals surface area contributed by atoms with Crippen LogP contribution < -0.4 is 0 Å². The van der Waals surface area contributed by atoms with Gasteiger partial charge in [-0.05, 0) is 56.5 Å². The molecule has 1 aromatic carbocycles. The summed E-state index contributed by atoms with van der Waals surface area (Å²) in [7, 11) is 0. The third kappa shape index (κ3) is 6.32. The SMILES string of the molecule is CCOC(=O)/C=C\C(CCc1ccccc1)OC(=S)N1CCCC1. The molecule has 5 heteroatoms. The second-order valence-electron chi connectivity index (χ2n) is 5.75. The Hall–Kier alpha value is -1.88. The van der Waals surface area contributed by atoms with E-state index < -0.39 is 0 Å². The molecule has 0 spiro atoms. The first-order valence-corrected chi connectivity index (χ1v) is 8.94. The molecular weight excluding hydrogens is 322 g/mol. The maximum absolute atomic E-state index is 11.6. The van der Waals surface area contributed by atoms with E-state index >= 15 is 0 Å². The Morgan fingerprint density at radius 3 is 2.67 bits per heavy atom. The summed E-state index contributed by atoms with van der Waals surface area (Å²) in [5.41, 5.74) is 1.24. The lowest BCUT2D eigenvalue weighted by Gasteiger charge is -2.23. The number of esters is 1. The summed E-state index contributed by atoms with van der Waals surface area (Å²) in [5, 5.41) is 0.527. The van der Waals surface area contributed by atoms with Crippen LogP contribution in [0, 0.1) is 0 Å². The van der Waals surface area contributed by atoms with Crippen LogP contribution in [0.2, 0.25) is 0 Å². The fraction of sp³-hybridized carbons (Fsp3) is 0.474. The van der Waals surface area contributed by atoms with Gasteiger partial charge in [0, 0.05) is 19.2 Å². The van der Waals surface area contributed by atoms with E-state index in [1.165, 1.54) is 11.6 Å². The van der Waals surface area contributed by atoms with Crippen molar-refractivity contribution >= 4 is 23.4 Å². The maximum Gasteiger partial charge on any atom is 0.330 e. The monoisotopic (exact) mass is 347 g/mol. The first-order chi connectivity index (χ1) is 11.7. The summed E-state index contributed by atoms with van der Waals surface area (Å²) in [6.45, 7) is 4.06. The molecule has 1 aliphatic heterocycles. The van der Waals surface area contributed by atoms with Crippen molar-refractivity contribution in [2.45, 2.75) is 38.7 Å². The van der Waals surface area contributed by atoms with Gasteiger partial charge in [0.15, 0.2) is 0 Å². The first-order valence-electron chi connectivity index (χ1n) is 8.53. The van der Waals surface area contributed by atoms with E-state index in [0.29, 0.717) is 11.8 Å². The van der Waals surface area contributed by atoms with Crippen molar-refractivity contribution < 1.29 is 14.3 Å². The number of likely N-dealkylation sites (tertiary alicyclic amines) is 1. The van der Waals surface area contributed by atoms with Crippen LogP contribution in [0.5, 0.6) is 0 Å². The zero-order valence-corrected chi connectivity index (χ0v) is 15.0. The fourth-order valence-corrected chi connectivity index (χ4v) is 2.93. The van der Waals surface area contributed by atoms with Crippen LogP contribution in [-0.4, -0.2) is 41.8 Å². The molecule has 0 amide bonds. The zero-order valence-electron chi connectivity index (χ0n) is 14.1. The summed E-state index contributed by atoms with van der Waals surface area (Å²) in [6.07, 6.45) is 6.88. The Bertz CT molecular complexity index is 553. The van der Waals surface area contributed by atoms with Gasteiger partial charge in [-0.25, -0.2) is 4.79 Å². The number of hydrogen-bond donors (Lipinski definition) is 0. The van der Waals surface area contributed by atoms with Crippen molar-refractivity contribution in [3.8, 4) is 0 Å². The van der Waals surface area contributed by atoms with Crippen molar-refractivity contribution in [3.05, 3.63) is 48.0 Å². The number of hydrogen-bond acceptors (Lipinski definition) is 4. The fourth-order valence-electron chi connectivity index (χ4n) is 2.63. The largest absolute Gasteiger partial charge is 0.463 e. The quantitative estimate of drug-likeness (QED) is 0.429. The molecule has 1 heterocycles. The number of thiocarbonyl (C=S) groups is 1. The highest BCUT2D eigenvalue weighted by molar-refractivity contribution is 7.80. The lowest BCUT2D eigenvalue weighted by atomic mass is 10.1. The van der Waals surface area contributed by atoms with Crippen LogP contribution in [0.3, 0.4) is 0 Å². The molecule has 1 aromatic rings. The number of carbonyl (C=O) groups is 1. The van der Waals surface area contributed by atoms with Crippen LogP contribution in [0.25, 0.3) is 0 Å². The molecule has 0 saturated carbocycles. The summed E-state index contributed by atoms with van der Waals surface area (Å²) >= 11 is 5.41. The van der Waals surface area contributed by atoms with E-state index in [-0.39, 0.29) is 12.1 Å². The third-order valence-electron chi connectivity index (χ3n) is 3.91. The standard InChI is InChI=1S/C19H25NO3S/c1-2-22-18(21)13-12-17(11-10-16-8-4-3-5-9-16)23-19(24)20-14-6-7-15-20/h3-5,8-9,12-13,17H,2,6-7,10-11,14-15H2,1H3/b13-12-. The molecule has 1 atom stereocenters. The Balaban J connectivity index is 1.94. The number of carbonyl (C=O) groups excluding carboxylic acids is 1. The Morgan fingerprint density at radius 1 is 1.29 bits per heavy atom. The smallest absolute Gasteiger partial charge is 0.330 e. The van der Waals surface area contributed by atoms with Gasteiger partial charge in [-0.15, -0.1) is 0 Å². The van der Waals surface area contributed by atoms with Gasteiger partial charge >= 0.3 is 5.97 Å². The summed E-state index contributed by atoms with van der Waals surface area (Å²) in [6, 6.07) is 10.2. The van der Waals surface area contributed by atoms with Gasteiger partial charge in [-0.2, -0.15) is 0 Å². The van der Waals surface area contributed by atoms with E-state index in [1.54, 1.807) is 13.0 Å². The van der Waals surface area contributed by atoms with Gasteiger partial charge in [0.1, 0.15) is 6.10 Å². The maximum atomic E-state index is 11.6. The van der Waals surface area contributed by atoms with Crippen molar-refractivity contribution in [2.75, 3.05) is 19.7 Å². The highest BCUT2D eigenvalue weighted by atomic mass is 32.1. The number of benzene rings is 1. The van der Waals surface area contributed by atoms with Crippen LogP contribution in [0.15, 0.2) is 42.5 Å². The molecule has 1 unspecified atom stereocenters. The van der Waals surface area contributed by atoms with E-state index in [0.717, 1.165) is 38.8 Å². The van der Waals surface area contributed by atoms with Crippen molar-refractivity contribution in [3.63, 3.8) is 0 Å². The molecule has 1 aliphatic rings. The molecule has 0 N–H and O–H groups in total. The van der Waals surface area contributed by atoms with Crippen LogP contribution in [0.4, 0.5) is 0 Å². The van der Waals surface area contributed by atoms with Gasteiger partial charge < -0.3 is 14.4 Å². The molecule has 1 fully saturated rings. The molecule has 24 heavy (non-hydrogen) atoms. The van der Waals surface area contributed by atoms with Gasteiger partial charge in [0.25, 0.3) is 5.17 Å². The third-order valence-corrected chi connectivity index (χ3v) is 4.26. The topological polar surface area (TPSA) is 38.8 Å². The number of nitrogens with zero attached hydrogens (tertiary/aromatic N) is 1. The zero-order chi connectivity index (χ0) is 17.2. The lowest BCUT2D eigenvalue weighted by Crippen LogP contribution is -2.31. The van der Waals surface area contributed by atoms with Gasteiger partial charge in [-0.3, -0.25) is 0 Å². The van der Waals surface area contributed by atoms with Gasteiger partial charge in [0.2, 0.25) is 0 Å². The van der Waals surface area contributed by atoms with E-state index in [2.05, 4.69) is 17.0 Å². The second-order valence-corrected chi connectivity index (χ2v) is 6.10. The number of aryl methyl sites for hydroxylation is 1. The summed E-state index contributed by atoms with van der Waals surface area (Å²) in [4.78, 5) is 13.6. The number of ether oxygens (including phenoxy) is 2. The minimum Gasteiger partial charge on any atom is -0.463 e. The molecule has 0 bridgehead atoms. The second kappa shape index (κ2) is 10.1. The Kier molecular flexibility index (Phi) is 7.75. The van der Waals surface area contributed by atoms with Crippen LogP contribution >= 0.6 is 12.2 Å². The lowest BCUT2D eigenvalue weighted by molar-refractivity contribution is -0.137. The predicted octanol–water partition coefficient (Wildman–Crippen LogP) is 3.50. The average molecular weight is 347 g/mol. The van der Waals surface area contributed by atoms with Crippen LogP contribution in [0.1, 0.15) is 31.7 Å². The van der Waals surface area contributed by atoms with E-state index in [1.807, 2.05) is 18.2 Å². The van der Waals surface area contributed by atoms with E-state index in [9.17, 15) is 4.79 Å². The average Bonchev–Trinajstić information content (AvgIpc) is 3.13. The molecule has 130 valence electrons. The van der Waals surface area contributed by atoms with Crippen molar-refractivity contribution in [1.29, 1.82) is 0 Å². The van der Waals surface area contributed by atoms with Crippen LogP contribution in [-0.2, 0) is 20.7 Å². The molecule has 0 aliphatic carbocycles. The van der Waals surface area contributed by atoms with Crippen molar-refractivity contribution in [2.24, 2.45) is 0 Å². The molecule has 0 radical (unpaired) electrons. The van der Waals surface area contributed by atoms with Gasteiger partial charge in [-0.1, -0.05) is 30.3 Å². The highest BCUT2D eigenvalue weighted by Crippen LogP contribution is 2.14. The normalized spacial score (nSPS) is 15.5. The molecular formula is C19H25NO3S. The molecule has 4 nitrogen and oxygen atoms in total. The highest BCUT2D eigenvalue weighted by Gasteiger charge is 2.19. The minimum absolute atomic E-state index is 0.234. The molecule has 0 aromatic heterocycles. The summed E-state index contributed by atoms with van der Waals surface area (Å²) in [5.74, 6) is -0.349. The Morgan fingerprint density at radius 2 is 2.00 bits per heavy atom. The molecule has 2 rings (SSSR count). The van der Waals surface area contributed by atoms with E-state index in [4.69, 9.17) is 21.7 Å². The number of rotatable bonds is 7. The van der Waals surface area contributed by atoms with Gasteiger partial charge in [0.05, 0.1) is 6.61 Å². The van der Waals surface area contributed by atoms with Crippen molar-refractivity contribution in [1.82, 2.24) is 4.90 Å².